The van der Waals surface area contributed by atoms with E-state index in [2.05, 4.69) is 15.2 Å². The molecule has 1 aromatic heterocycles. The van der Waals surface area contributed by atoms with Crippen molar-refractivity contribution in [3.63, 3.8) is 0 Å². The number of hydrogen-bond acceptors (Lipinski definition) is 5. The average Bonchev–Trinajstić information content (AvgIpc) is 2.74. The van der Waals surface area contributed by atoms with E-state index in [1.54, 1.807) is 6.92 Å². The van der Waals surface area contributed by atoms with Crippen LogP contribution in [0.15, 0.2) is 4.52 Å². The number of esters is 1. The maximum Gasteiger partial charge on any atom is 0.305 e. The van der Waals surface area contributed by atoms with Crippen LogP contribution in [0.3, 0.4) is 0 Å². The Balaban J connectivity index is 2.13. The summed E-state index contributed by atoms with van der Waals surface area (Å²) in [5.74, 6) is 0.468. The quantitative estimate of drug-likeness (QED) is 0.579. The molecule has 0 atom stereocenters. The Bertz CT molecular complexity index is 435. The predicted octanol–water partition coefficient (Wildman–Crippen LogP) is 1.68. The summed E-state index contributed by atoms with van der Waals surface area (Å²) in [5.41, 5.74) is 1.61. The van der Waals surface area contributed by atoms with Gasteiger partial charge in [0.2, 0.25) is 5.91 Å². The molecule has 0 fully saturated rings. The molecule has 0 radical (unpaired) electrons. The fourth-order valence-corrected chi connectivity index (χ4v) is 1.88. The number of aryl methyl sites for hydroxylation is 2. The molecule has 20 heavy (non-hydrogen) atoms. The van der Waals surface area contributed by atoms with Crippen LogP contribution in [-0.4, -0.2) is 30.7 Å². The van der Waals surface area contributed by atoms with Gasteiger partial charge in [0, 0.05) is 18.5 Å². The van der Waals surface area contributed by atoms with Gasteiger partial charge in [-0.15, -0.1) is 0 Å². The smallest absolute Gasteiger partial charge is 0.305 e. The van der Waals surface area contributed by atoms with Crippen LogP contribution in [0.1, 0.15) is 42.7 Å². The van der Waals surface area contributed by atoms with Crippen molar-refractivity contribution in [1.82, 2.24) is 10.5 Å². The van der Waals surface area contributed by atoms with Crippen molar-refractivity contribution in [1.29, 1.82) is 0 Å². The molecule has 6 heteroatoms. The standard InChI is InChI=1S/C14H22N2O4/c1-10-12(11(2)20-16-10)9-13(17)15-8-6-4-5-7-14(18)19-3/h4-9H2,1-3H3,(H,15,17). The van der Waals surface area contributed by atoms with E-state index in [1.165, 1.54) is 7.11 Å². The van der Waals surface area contributed by atoms with Crippen LogP contribution >= 0.6 is 0 Å². The Morgan fingerprint density at radius 3 is 2.60 bits per heavy atom. The van der Waals surface area contributed by atoms with E-state index in [-0.39, 0.29) is 11.9 Å². The van der Waals surface area contributed by atoms with E-state index < -0.39 is 0 Å². The molecule has 0 aromatic carbocycles. The van der Waals surface area contributed by atoms with Crippen LogP contribution in [0.25, 0.3) is 0 Å². The van der Waals surface area contributed by atoms with Crippen molar-refractivity contribution in [2.24, 2.45) is 0 Å². The van der Waals surface area contributed by atoms with Gasteiger partial charge in [-0.25, -0.2) is 0 Å². The molecule has 1 aromatic rings. The minimum atomic E-state index is -0.188. The number of amides is 1. The number of ether oxygens (including phenoxy) is 1. The Hall–Kier alpha value is -1.85. The summed E-state index contributed by atoms with van der Waals surface area (Å²) < 4.78 is 9.57. The number of carbonyl (C=O) groups is 2. The zero-order chi connectivity index (χ0) is 15.0. The molecular formula is C14H22N2O4. The van der Waals surface area contributed by atoms with Gasteiger partial charge < -0.3 is 14.6 Å². The van der Waals surface area contributed by atoms with Gasteiger partial charge in [-0.05, 0) is 26.7 Å². The number of nitrogens with zero attached hydrogens (tertiary/aromatic N) is 1. The minimum Gasteiger partial charge on any atom is -0.469 e. The van der Waals surface area contributed by atoms with Crippen LogP contribution in [-0.2, 0) is 20.7 Å². The van der Waals surface area contributed by atoms with Crippen LogP contribution in [0.5, 0.6) is 0 Å². The maximum absolute atomic E-state index is 11.7. The van der Waals surface area contributed by atoms with E-state index in [0.717, 1.165) is 30.5 Å². The molecule has 1 rings (SSSR count). The first-order valence-electron chi connectivity index (χ1n) is 6.80. The largest absolute Gasteiger partial charge is 0.469 e. The van der Waals surface area contributed by atoms with Gasteiger partial charge in [0.15, 0.2) is 0 Å². The number of methoxy groups -OCH3 is 1. The predicted molar refractivity (Wildman–Crippen MR) is 73.2 cm³/mol. The third-order valence-electron chi connectivity index (χ3n) is 3.13. The Labute approximate surface area is 118 Å². The third-order valence-corrected chi connectivity index (χ3v) is 3.13. The van der Waals surface area contributed by atoms with Crippen molar-refractivity contribution < 1.29 is 18.8 Å². The van der Waals surface area contributed by atoms with Crippen LogP contribution in [0.4, 0.5) is 0 Å². The minimum absolute atomic E-state index is 0.0348. The normalized spacial score (nSPS) is 10.3. The summed E-state index contributed by atoms with van der Waals surface area (Å²) in [4.78, 5) is 22.6. The van der Waals surface area contributed by atoms with Gasteiger partial charge in [-0.3, -0.25) is 9.59 Å². The molecule has 0 saturated heterocycles. The highest BCUT2D eigenvalue weighted by Crippen LogP contribution is 2.12. The Morgan fingerprint density at radius 2 is 2.00 bits per heavy atom. The molecule has 1 heterocycles. The highest BCUT2D eigenvalue weighted by atomic mass is 16.5. The SMILES string of the molecule is COC(=O)CCCCCNC(=O)Cc1c(C)noc1C. The van der Waals surface area contributed by atoms with E-state index in [4.69, 9.17) is 4.52 Å². The number of hydrogen-bond donors (Lipinski definition) is 1. The van der Waals surface area contributed by atoms with Crippen molar-refractivity contribution in [3.8, 4) is 0 Å². The molecule has 0 bridgehead atoms. The molecule has 0 aliphatic carbocycles. The Morgan fingerprint density at radius 1 is 1.25 bits per heavy atom. The van der Waals surface area contributed by atoms with Gasteiger partial charge in [0.05, 0.1) is 19.2 Å². The fraction of sp³-hybridized carbons (Fsp3) is 0.643. The van der Waals surface area contributed by atoms with Crippen molar-refractivity contribution in [2.45, 2.75) is 46.0 Å². The summed E-state index contributed by atoms with van der Waals surface area (Å²) in [6, 6.07) is 0. The van der Waals surface area contributed by atoms with Gasteiger partial charge in [0.25, 0.3) is 0 Å². The molecule has 0 saturated carbocycles. The summed E-state index contributed by atoms with van der Waals surface area (Å²) in [6.45, 7) is 4.24. The lowest BCUT2D eigenvalue weighted by Crippen LogP contribution is -2.26. The monoisotopic (exact) mass is 282 g/mol. The lowest BCUT2D eigenvalue weighted by molar-refractivity contribution is -0.140. The topological polar surface area (TPSA) is 81.4 Å². The number of nitrogens with one attached hydrogen (secondary N) is 1. The zero-order valence-electron chi connectivity index (χ0n) is 12.3. The van der Waals surface area contributed by atoms with Crippen LogP contribution in [0, 0.1) is 13.8 Å². The number of carbonyl (C=O) groups excluding carboxylic acids is 2. The fourth-order valence-electron chi connectivity index (χ4n) is 1.88. The molecular weight excluding hydrogens is 260 g/mol. The third kappa shape index (κ3) is 5.42. The van der Waals surface area contributed by atoms with Crippen LogP contribution in [0.2, 0.25) is 0 Å². The van der Waals surface area contributed by atoms with Crippen molar-refractivity contribution in [3.05, 3.63) is 17.0 Å². The van der Waals surface area contributed by atoms with E-state index in [0.29, 0.717) is 25.1 Å². The molecule has 0 aliphatic heterocycles. The first-order valence-corrected chi connectivity index (χ1v) is 6.80. The van der Waals surface area contributed by atoms with Crippen LogP contribution < -0.4 is 5.32 Å². The zero-order valence-corrected chi connectivity index (χ0v) is 12.3. The summed E-state index contributed by atoms with van der Waals surface area (Å²) in [5, 5.41) is 6.67. The number of aromatic nitrogens is 1. The van der Waals surface area contributed by atoms with E-state index >= 15 is 0 Å². The second-order valence-corrected chi connectivity index (χ2v) is 4.72. The second-order valence-electron chi connectivity index (χ2n) is 4.72. The van der Waals surface area contributed by atoms with Gasteiger partial charge >= 0.3 is 5.97 Å². The van der Waals surface area contributed by atoms with E-state index in [9.17, 15) is 9.59 Å². The summed E-state index contributed by atoms with van der Waals surface area (Å²) >= 11 is 0. The molecule has 0 unspecified atom stereocenters. The van der Waals surface area contributed by atoms with Crippen molar-refractivity contribution in [2.75, 3.05) is 13.7 Å². The van der Waals surface area contributed by atoms with Gasteiger partial charge in [-0.2, -0.15) is 0 Å². The molecule has 1 amide bonds. The van der Waals surface area contributed by atoms with Gasteiger partial charge in [0.1, 0.15) is 5.76 Å². The molecule has 0 aliphatic rings. The van der Waals surface area contributed by atoms with Gasteiger partial charge in [-0.1, -0.05) is 11.6 Å². The molecule has 1 N–H and O–H groups in total. The summed E-state index contributed by atoms with van der Waals surface area (Å²) in [7, 11) is 1.39. The first-order chi connectivity index (χ1) is 9.54. The Kier molecular flexibility index (Phi) is 6.76. The molecule has 6 nitrogen and oxygen atoms in total. The summed E-state index contributed by atoms with van der Waals surface area (Å²) in [6.07, 6.45) is 3.25. The molecule has 112 valence electrons. The average molecular weight is 282 g/mol. The lowest BCUT2D eigenvalue weighted by atomic mass is 10.1. The molecule has 0 spiro atoms. The lowest BCUT2D eigenvalue weighted by Gasteiger charge is -2.05. The number of rotatable bonds is 8. The van der Waals surface area contributed by atoms with E-state index in [1.807, 2.05) is 6.92 Å². The maximum atomic E-state index is 11.7. The van der Waals surface area contributed by atoms with Crippen molar-refractivity contribution >= 4 is 11.9 Å². The highest BCUT2D eigenvalue weighted by Gasteiger charge is 2.12. The number of unbranched alkanes of at least 4 members (excludes halogenated alkanes) is 2. The highest BCUT2D eigenvalue weighted by molar-refractivity contribution is 5.78. The second kappa shape index (κ2) is 8.35. The first kappa shape index (κ1) is 16.2.